The Balaban J connectivity index is 1.19. The van der Waals surface area contributed by atoms with E-state index in [9.17, 15) is 9.59 Å². The minimum atomic E-state index is 0.257. The lowest BCUT2D eigenvalue weighted by Crippen LogP contribution is -2.44. The van der Waals surface area contributed by atoms with Crippen LogP contribution in [0.15, 0.2) is 0 Å². The van der Waals surface area contributed by atoms with Crippen molar-refractivity contribution in [2.45, 2.75) is 89.9 Å². The fraction of sp³-hybridized carbons (Fsp3) is 0.929. The van der Waals surface area contributed by atoms with Gasteiger partial charge in [-0.1, -0.05) is 32.1 Å². The smallest absolute Gasteiger partial charge is 0.139 e. The number of Topliss-reactive ketones (excluding diaryl/α,β-unsaturated/α-hetero) is 2. The van der Waals surface area contributed by atoms with Crippen LogP contribution in [-0.4, -0.2) is 11.6 Å². The van der Waals surface area contributed by atoms with Gasteiger partial charge in [0.1, 0.15) is 11.6 Å². The monoisotopic (exact) mass is 408 g/mol. The zero-order valence-corrected chi connectivity index (χ0v) is 18.6. The Kier molecular flexibility index (Phi) is 4.35. The van der Waals surface area contributed by atoms with Crippen molar-refractivity contribution in [3.05, 3.63) is 0 Å². The van der Waals surface area contributed by atoms with E-state index >= 15 is 0 Å². The fourth-order valence-electron chi connectivity index (χ4n) is 11.1. The van der Waals surface area contributed by atoms with E-state index in [0.29, 0.717) is 47.1 Å². The molecule has 0 aromatic rings. The third-order valence-corrected chi connectivity index (χ3v) is 12.1. The highest BCUT2D eigenvalue weighted by molar-refractivity contribution is 5.91. The van der Waals surface area contributed by atoms with Gasteiger partial charge in [0.25, 0.3) is 0 Å². The highest BCUT2D eigenvalue weighted by atomic mass is 16.1. The summed E-state index contributed by atoms with van der Waals surface area (Å²) in [6.07, 6.45) is 18.5. The first-order valence-corrected chi connectivity index (χ1v) is 13.8. The molecule has 12 unspecified atom stereocenters. The van der Waals surface area contributed by atoms with Gasteiger partial charge in [-0.25, -0.2) is 0 Å². The number of fused-ring (bicyclic) bond motifs is 10. The third kappa shape index (κ3) is 2.49. The average Bonchev–Trinajstić information content (AvgIpc) is 3.24. The number of ketones is 2. The summed E-state index contributed by atoms with van der Waals surface area (Å²) in [5, 5.41) is 0. The number of carbonyl (C=O) groups excluding carboxylic acids is 2. The zero-order chi connectivity index (χ0) is 20.0. The molecule has 0 radical (unpaired) electrons. The molecule has 30 heavy (non-hydrogen) atoms. The topological polar surface area (TPSA) is 34.1 Å². The van der Waals surface area contributed by atoms with Gasteiger partial charge in [-0.05, 0) is 105 Å². The molecule has 0 aromatic heterocycles. The van der Waals surface area contributed by atoms with Gasteiger partial charge in [0, 0.05) is 23.7 Å². The summed E-state index contributed by atoms with van der Waals surface area (Å²) in [6, 6.07) is 0. The van der Waals surface area contributed by atoms with Crippen molar-refractivity contribution >= 4 is 11.6 Å². The van der Waals surface area contributed by atoms with Crippen LogP contribution in [0.5, 0.6) is 0 Å². The van der Waals surface area contributed by atoms with E-state index in [1.807, 2.05) is 0 Å². The first-order chi connectivity index (χ1) is 14.7. The fourth-order valence-corrected chi connectivity index (χ4v) is 11.1. The van der Waals surface area contributed by atoms with E-state index in [1.165, 1.54) is 77.0 Å². The molecule has 0 aliphatic heterocycles. The molecule has 2 nitrogen and oxygen atoms in total. The van der Waals surface area contributed by atoms with E-state index in [0.717, 1.165) is 36.5 Å². The molecule has 0 spiro atoms. The molecule has 0 bridgehead atoms. The standard InChI is InChI=1S/C28H40O2/c29-27-21-12-11-19-18-7-3-4-8-20(18)28(30)26(19)25(21)23-13-16-10-9-15-5-1-2-6-17(15)22(16)14-24(23)27/h15-26H,1-14H2. The third-order valence-electron chi connectivity index (χ3n) is 12.1. The predicted molar refractivity (Wildman–Crippen MR) is 117 cm³/mol. The molecule has 12 atom stereocenters. The Bertz CT molecular complexity index is 741. The molecule has 7 rings (SSSR count). The van der Waals surface area contributed by atoms with Crippen LogP contribution in [0.1, 0.15) is 89.9 Å². The van der Waals surface area contributed by atoms with E-state index in [2.05, 4.69) is 0 Å². The molecule has 7 aliphatic carbocycles. The van der Waals surface area contributed by atoms with Gasteiger partial charge < -0.3 is 0 Å². The summed E-state index contributed by atoms with van der Waals surface area (Å²) >= 11 is 0. The van der Waals surface area contributed by atoms with Gasteiger partial charge in [-0.15, -0.1) is 0 Å². The second-order valence-corrected chi connectivity index (χ2v) is 12.8. The lowest BCUT2D eigenvalue weighted by Gasteiger charge is -2.51. The number of carbonyl (C=O) groups is 2. The molecular weight excluding hydrogens is 368 g/mol. The maximum atomic E-state index is 13.7. The maximum Gasteiger partial charge on any atom is 0.139 e. The average molecular weight is 409 g/mol. The molecule has 2 heteroatoms. The van der Waals surface area contributed by atoms with Crippen LogP contribution in [0.4, 0.5) is 0 Å². The van der Waals surface area contributed by atoms with Gasteiger partial charge in [0.05, 0.1) is 0 Å². The molecule has 0 amide bonds. The van der Waals surface area contributed by atoms with Crippen LogP contribution in [0.3, 0.4) is 0 Å². The summed E-state index contributed by atoms with van der Waals surface area (Å²) in [7, 11) is 0. The lowest BCUT2D eigenvalue weighted by molar-refractivity contribution is -0.129. The molecule has 0 N–H and O–H groups in total. The molecule has 7 fully saturated rings. The van der Waals surface area contributed by atoms with Gasteiger partial charge >= 0.3 is 0 Å². The second-order valence-electron chi connectivity index (χ2n) is 12.8. The van der Waals surface area contributed by atoms with Gasteiger partial charge in [-0.2, -0.15) is 0 Å². The van der Waals surface area contributed by atoms with Crippen molar-refractivity contribution in [1.29, 1.82) is 0 Å². The first kappa shape index (κ1) is 18.9. The van der Waals surface area contributed by atoms with Crippen molar-refractivity contribution in [2.75, 3.05) is 0 Å². The van der Waals surface area contributed by atoms with Gasteiger partial charge in [-0.3, -0.25) is 9.59 Å². The van der Waals surface area contributed by atoms with Crippen LogP contribution in [0.25, 0.3) is 0 Å². The SMILES string of the molecule is O=C1C2CC3C(CCC4CCCCC43)CC2C2C1CCC1C3CCCCC3C(=O)C12. The zero-order valence-electron chi connectivity index (χ0n) is 18.6. The van der Waals surface area contributed by atoms with Crippen molar-refractivity contribution in [3.63, 3.8) is 0 Å². The molecule has 0 saturated heterocycles. The Morgan fingerprint density at radius 3 is 2.13 bits per heavy atom. The Morgan fingerprint density at radius 2 is 1.23 bits per heavy atom. The van der Waals surface area contributed by atoms with Crippen molar-refractivity contribution in [1.82, 2.24) is 0 Å². The molecule has 7 saturated carbocycles. The van der Waals surface area contributed by atoms with E-state index in [-0.39, 0.29) is 11.8 Å². The number of rotatable bonds is 0. The Morgan fingerprint density at radius 1 is 0.467 bits per heavy atom. The van der Waals surface area contributed by atoms with Crippen LogP contribution in [0, 0.1) is 71.0 Å². The van der Waals surface area contributed by atoms with Crippen molar-refractivity contribution in [3.8, 4) is 0 Å². The lowest BCUT2D eigenvalue weighted by atomic mass is 9.53. The largest absolute Gasteiger partial charge is 0.299 e. The summed E-state index contributed by atoms with van der Waals surface area (Å²) in [5.41, 5.74) is 0. The summed E-state index contributed by atoms with van der Waals surface area (Å²) in [6.45, 7) is 0. The first-order valence-electron chi connectivity index (χ1n) is 13.8. The number of hydrogen-bond donors (Lipinski definition) is 0. The summed E-state index contributed by atoms with van der Waals surface area (Å²) < 4.78 is 0. The Labute approximate surface area is 182 Å². The Hall–Kier alpha value is -0.660. The minimum Gasteiger partial charge on any atom is -0.299 e. The quantitative estimate of drug-likeness (QED) is 0.487. The second kappa shape index (κ2) is 6.92. The van der Waals surface area contributed by atoms with Gasteiger partial charge in [0.15, 0.2) is 0 Å². The maximum absolute atomic E-state index is 13.7. The highest BCUT2D eigenvalue weighted by Gasteiger charge is 2.64. The van der Waals surface area contributed by atoms with Crippen molar-refractivity contribution in [2.24, 2.45) is 71.0 Å². The van der Waals surface area contributed by atoms with E-state index < -0.39 is 0 Å². The normalized spacial score (nSPS) is 56.9. The van der Waals surface area contributed by atoms with Crippen LogP contribution in [0.2, 0.25) is 0 Å². The van der Waals surface area contributed by atoms with Crippen LogP contribution >= 0.6 is 0 Å². The van der Waals surface area contributed by atoms with E-state index in [4.69, 9.17) is 0 Å². The summed E-state index contributed by atoms with van der Waals surface area (Å²) in [5.74, 6) is 8.44. The van der Waals surface area contributed by atoms with Crippen molar-refractivity contribution < 1.29 is 9.59 Å². The summed E-state index contributed by atoms with van der Waals surface area (Å²) in [4.78, 5) is 27.4. The minimum absolute atomic E-state index is 0.257. The molecule has 164 valence electrons. The molecular formula is C28H40O2. The predicted octanol–water partition coefficient (Wildman–Crippen LogP) is 6.08. The van der Waals surface area contributed by atoms with E-state index in [1.54, 1.807) is 0 Å². The molecule has 0 aromatic carbocycles. The molecule has 0 heterocycles. The highest BCUT2D eigenvalue weighted by Crippen LogP contribution is 2.65. The van der Waals surface area contributed by atoms with Crippen LogP contribution < -0.4 is 0 Å². The molecule has 7 aliphatic rings. The number of hydrogen-bond acceptors (Lipinski definition) is 2. The van der Waals surface area contributed by atoms with Gasteiger partial charge in [0.2, 0.25) is 0 Å². The van der Waals surface area contributed by atoms with Crippen LogP contribution in [-0.2, 0) is 9.59 Å².